The molecule has 0 saturated carbocycles. The van der Waals surface area contributed by atoms with E-state index < -0.39 is 73.1 Å². The molecule has 7 heteroatoms. The maximum atomic E-state index is 13.5. The fourth-order valence-corrected chi connectivity index (χ4v) is 5.33. The Morgan fingerprint density at radius 1 is 1.27 bits per heavy atom. The Balaban J connectivity index is 1.62. The third-order valence-electron chi connectivity index (χ3n) is 4.98. The van der Waals surface area contributed by atoms with Crippen LogP contribution in [-0.4, -0.2) is 59.9 Å². The Morgan fingerprint density at radius 3 is 2.31 bits per heavy atom. The number of morpholine rings is 1. The number of ether oxygens (including phenoxy) is 2. The number of rotatable bonds is 4. The Morgan fingerprint density at radius 2 is 1.85 bits per heavy atom. The van der Waals surface area contributed by atoms with E-state index in [-0.39, 0.29) is 9.75 Å². The molecule has 5 nitrogen and oxygen atoms in total. The van der Waals surface area contributed by atoms with E-state index in [9.17, 15) is 9.90 Å². The maximum absolute atomic E-state index is 13.5. The van der Waals surface area contributed by atoms with Crippen LogP contribution >= 0.6 is 22.7 Å². The second-order valence-corrected chi connectivity index (χ2v) is 8.41. The van der Waals surface area contributed by atoms with Crippen molar-refractivity contribution in [1.82, 2.24) is 0 Å². The molecule has 0 amide bonds. The third kappa shape index (κ3) is 2.28. The Hall–Kier alpha value is -1.25. The van der Waals surface area contributed by atoms with Gasteiger partial charge >= 0.3 is 5.97 Å². The molecule has 0 aliphatic carbocycles. The lowest BCUT2D eigenvalue weighted by Crippen LogP contribution is -2.60. The molecule has 0 aromatic carbocycles. The Bertz CT molecular complexity index is 1090. The summed E-state index contributed by atoms with van der Waals surface area (Å²) in [6, 6.07) is 2.40. The van der Waals surface area contributed by atoms with Gasteiger partial charge in [-0.1, -0.05) is 12.1 Å². The first-order valence-corrected chi connectivity index (χ1v) is 9.76. The summed E-state index contributed by atoms with van der Waals surface area (Å²) in [4.78, 5) is 13.9. The summed E-state index contributed by atoms with van der Waals surface area (Å²) in [6.45, 7) is -6.66. The lowest BCUT2D eigenvalue weighted by atomic mass is 9.95. The molecule has 2 bridgehead atoms. The zero-order valence-electron chi connectivity index (χ0n) is 23.3. The molecular formula is C19H22NO4S2+. The summed E-state index contributed by atoms with van der Waals surface area (Å²) in [7, 11) is 0. The number of carbonyl (C=O) groups is 1. The van der Waals surface area contributed by atoms with E-state index in [4.69, 9.17) is 23.2 Å². The van der Waals surface area contributed by atoms with Crippen molar-refractivity contribution < 1.29 is 37.6 Å². The molecular weight excluding hydrogens is 370 g/mol. The van der Waals surface area contributed by atoms with Crippen LogP contribution < -0.4 is 0 Å². The fraction of sp³-hybridized carbons (Fsp3) is 0.526. The van der Waals surface area contributed by atoms with Gasteiger partial charge < -0.3 is 19.1 Å². The zero-order valence-corrected chi connectivity index (χ0v) is 14.9. The summed E-state index contributed by atoms with van der Waals surface area (Å²) in [5.41, 5.74) is -2.37. The van der Waals surface area contributed by atoms with Gasteiger partial charge in [0.25, 0.3) is 0 Å². The van der Waals surface area contributed by atoms with Gasteiger partial charge in [0.2, 0.25) is 5.60 Å². The number of nitrogens with zero attached hydrogens (tertiary/aromatic N) is 1. The van der Waals surface area contributed by atoms with Crippen LogP contribution in [0.2, 0.25) is 0 Å². The minimum Gasteiger partial charge on any atom is -0.459 e. The van der Waals surface area contributed by atoms with Gasteiger partial charge in [0, 0.05) is 18.2 Å². The molecule has 3 saturated heterocycles. The van der Waals surface area contributed by atoms with E-state index in [1.807, 2.05) is 0 Å². The largest absolute Gasteiger partial charge is 0.459 e. The summed E-state index contributed by atoms with van der Waals surface area (Å²) in [5, 5.41) is 14.8. The number of carbonyl (C=O) groups excluding carboxylic acids is 1. The standard InChI is InChI=1S/C19H22NO4S2/c1-20(2)12-9-11(10-13(20)17-16(12)24-17)23-18(21)19(22,14-5-3-7-25-14)15-6-4-8-26-15/h3-8,11-13,16-17,22H,9-10H2,1-2H3/q+1/i1D3,2D3,9D2,10D2. The number of esters is 1. The number of fused-ring (bicyclic) bond motifs is 5. The van der Waals surface area contributed by atoms with Crippen LogP contribution in [0.15, 0.2) is 35.0 Å². The number of hydrogen-bond donors (Lipinski definition) is 1. The first kappa shape index (κ1) is 9.30. The Labute approximate surface area is 174 Å². The van der Waals surface area contributed by atoms with Crippen molar-refractivity contribution in [1.29, 1.82) is 0 Å². The van der Waals surface area contributed by atoms with Gasteiger partial charge in [-0.3, -0.25) is 0 Å². The molecule has 3 fully saturated rings. The van der Waals surface area contributed by atoms with Crippen molar-refractivity contribution in [3.63, 3.8) is 0 Å². The minimum atomic E-state index is -3.33. The molecule has 2 aromatic heterocycles. The average Bonchev–Trinajstić information content (AvgIpc) is 3.21. The highest BCUT2D eigenvalue weighted by Crippen LogP contribution is 2.52. The van der Waals surface area contributed by atoms with Crippen molar-refractivity contribution in [2.45, 2.75) is 48.7 Å². The van der Waals surface area contributed by atoms with Crippen molar-refractivity contribution in [2.24, 2.45) is 0 Å². The minimum absolute atomic E-state index is 0.163. The molecule has 4 atom stereocenters. The van der Waals surface area contributed by atoms with Gasteiger partial charge in [0.05, 0.1) is 31.9 Å². The summed E-state index contributed by atoms with van der Waals surface area (Å²) >= 11 is 2.08. The van der Waals surface area contributed by atoms with Crippen molar-refractivity contribution in [2.75, 3.05) is 14.0 Å². The average molecular weight is 403 g/mol. The molecule has 26 heavy (non-hydrogen) atoms. The van der Waals surface area contributed by atoms with E-state index in [1.54, 1.807) is 22.9 Å². The van der Waals surface area contributed by atoms with Gasteiger partial charge in [0.1, 0.15) is 30.4 Å². The lowest BCUT2D eigenvalue weighted by molar-refractivity contribution is -0.938. The highest BCUT2D eigenvalue weighted by Gasteiger charge is 2.71. The smallest absolute Gasteiger partial charge is 0.349 e. The number of piperidine rings is 1. The van der Waals surface area contributed by atoms with Crippen LogP contribution in [0.5, 0.6) is 0 Å². The molecule has 5 rings (SSSR count). The van der Waals surface area contributed by atoms with Crippen LogP contribution in [-0.2, 0) is 19.9 Å². The van der Waals surface area contributed by atoms with Gasteiger partial charge in [-0.05, 0) is 22.9 Å². The van der Waals surface area contributed by atoms with Crippen LogP contribution in [0.3, 0.4) is 0 Å². The number of aliphatic hydroxyl groups is 1. The molecule has 5 heterocycles. The predicted molar refractivity (Wildman–Crippen MR) is 99.1 cm³/mol. The third-order valence-corrected chi connectivity index (χ3v) is 6.94. The quantitative estimate of drug-likeness (QED) is 0.485. The van der Waals surface area contributed by atoms with E-state index in [0.717, 1.165) is 22.7 Å². The van der Waals surface area contributed by atoms with Crippen LogP contribution in [0.4, 0.5) is 0 Å². The molecule has 138 valence electrons. The zero-order chi connectivity index (χ0) is 26.7. The SMILES string of the molecule is [2H]C1([2H])C(OC(=O)C(O)(c2cccs2)c2cccs2)C([2H])([2H])C2C3OC3C1[N+]2(C([2H])([2H])[2H])C([2H])([2H])[2H]. The van der Waals surface area contributed by atoms with Gasteiger partial charge in [-0.25, -0.2) is 4.79 Å². The Kier molecular flexibility index (Phi) is 2.01. The van der Waals surface area contributed by atoms with Gasteiger partial charge in [0.15, 0.2) is 0 Å². The van der Waals surface area contributed by atoms with E-state index in [1.165, 1.54) is 12.1 Å². The summed E-state index contributed by atoms with van der Waals surface area (Å²) < 4.78 is 92.9. The molecule has 3 aliphatic rings. The number of quaternary nitrogens is 1. The fourth-order valence-electron chi connectivity index (χ4n) is 3.62. The van der Waals surface area contributed by atoms with Gasteiger partial charge in [-0.15, -0.1) is 22.7 Å². The van der Waals surface area contributed by atoms with Crippen molar-refractivity contribution >= 4 is 28.6 Å². The van der Waals surface area contributed by atoms with Gasteiger partial charge in [-0.2, -0.15) is 0 Å². The first-order chi connectivity index (χ1) is 16.4. The first-order valence-electron chi connectivity index (χ1n) is 13.0. The number of thiophene rings is 2. The summed E-state index contributed by atoms with van der Waals surface area (Å²) in [6.07, 6.45) is -10.6. The highest BCUT2D eigenvalue weighted by atomic mass is 32.1. The predicted octanol–water partition coefficient (Wildman–Crippen LogP) is 2.35. The molecule has 3 aliphatic heterocycles. The molecule has 0 radical (unpaired) electrons. The number of hydrogen-bond acceptors (Lipinski definition) is 6. The molecule has 4 unspecified atom stereocenters. The lowest BCUT2D eigenvalue weighted by Gasteiger charge is -2.45. The van der Waals surface area contributed by atoms with Crippen molar-refractivity contribution in [3.8, 4) is 0 Å². The second kappa shape index (κ2) is 5.62. The molecule has 1 N–H and O–H groups in total. The van der Waals surface area contributed by atoms with Crippen LogP contribution in [0.25, 0.3) is 0 Å². The summed E-state index contributed by atoms with van der Waals surface area (Å²) in [5.74, 6) is -1.35. The van der Waals surface area contributed by atoms with Crippen LogP contribution in [0, 0.1) is 0 Å². The highest BCUT2D eigenvalue weighted by molar-refractivity contribution is 7.12. The monoisotopic (exact) mass is 402 g/mol. The van der Waals surface area contributed by atoms with Crippen molar-refractivity contribution in [3.05, 3.63) is 44.8 Å². The van der Waals surface area contributed by atoms with Crippen LogP contribution in [0.1, 0.15) is 36.2 Å². The van der Waals surface area contributed by atoms with E-state index >= 15 is 0 Å². The normalized spacial score (nSPS) is 44.9. The number of likely N-dealkylation sites (N-methyl/N-ethyl adjacent to an activating group) is 1. The maximum Gasteiger partial charge on any atom is 0.349 e. The second-order valence-electron chi connectivity index (χ2n) is 6.52. The van der Waals surface area contributed by atoms with E-state index in [0.29, 0.717) is 0 Å². The topological polar surface area (TPSA) is 59.1 Å². The molecule has 0 spiro atoms. The molecule has 2 aromatic rings. The van der Waals surface area contributed by atoms with E-state index in [2.05, 4.69) is 0 Å². The number of epoxide rings is 1.